The summed E-state index contributed by atoms with van der Waals surface area (Å²) in [5, 5.41) is 3.54. The number of anilines is 3. The fourth-order valence-corrected chi connectivity index (χ4v) is 4.01. The van der Waals surface area contributed by atoms with Gasteiger partial charge in [0.2, 0.25) is 0 Å². The summed E-state index contributed by atoms with van der Waals surface area (Å²) < 4.78 is 0. The van der Waals surface area contributed by atoms with Gasteiger partial charge in [-0.3, -0.25) is 0 Å². The molecule has 1 N–H and O–H groups in total. The molecule has 5 rings (SSSR count). The third-order valence-corrected chi connectivity index (χ3v) is 5.15. The van der Waals surface area contributed by atoms with Gasteiger partial charge in [0, 0.05) is 28.7 Å². The summed E-state index contributed by atoms with van der Waals surface area (Å²) >= 11 is 0. The minimum absolute atomic E-state index is 0.283. The lowest BCUT2D eigenvalue weighted by atomic mass is 9.90. The van der Waals surface area contributed by atoms with E-state index in [1.54, 1.807) is 0 Å². The fourth-order valence-electron chi connectivity index (χ4n) is 4.01. The molecule has 2 heteroatoms. The Bertz CT molecular complexity index is 973. The molecule has 26 heavy (non-hydrogen) atoms. The van der Waals surface area contributed by atoms with Crippen LogP contribution in [0.3, 0.4) is 0 Å². The molecule has 0 fully saturated rings. The van der Waals surface area contributed by atoms with E-state index in [0.717, 1.165) is 11.4 Å². The molecule has 1 heterocycles. The quantitative estimate of drug-likeness (QED) is 0.645. The number of allylic oxidation sites excluding steroid dienone is 1. The van der Waals surface area contributed by atoms with Crippen molar-refractivity contribution < 1.29 is 0 Å². The molecule has 2 nitrogen and oxygen atoms in total. The Labute approximate surface area is 154 Å². The Morgan fingerprint density at radius 3 is 2.23 bits per heavy atom. The van der Waals surface area contributed by atoms with Crippen molar-refractivity contribution in [2.75, 3.05) is 10.2 Å². The van der Waals surface area contributed by atoms with Gasteiger partial charge in [-0.2, -0.15) is 0 Å². The van der Waals surface area contributed by atoms with Gasteiger partial charge in [-0.05, 0) is 48.0 Å². The minimum Gasteiger partial charge on any atom is -0.356 e. The van der Waals surface area contributed by atoms with Gasteiger partial charge >= 0.3 is 0 Å². The van der Waals surface area contributed by atoms with Gasteiger partial charge in [-0.25, -0.2) is 0 Å². The summed E-state index contributed by atoms with van der Waals surface area (Å²) in [6, 6.07) is 30.0. The second kappa shape index (κ2) is 6.23. The van der Waals surface area contributed by atoms with Crippen molar-refractivity contribution in [1.29, 1.82) is 0 Å². The van der Waals surface area contributed by atoms with Gasteiger partial charge in [0.25, 0.3) is 0 Å². The first kappa shape index (κ1) is 15.0. The van der Waals surface area contributed by atoms with Gasteiger partial charge in [0.05, 0.1) is 6.04 Å². The molecule has 2 atom stereocenters. The number of hydrogen-bond acceptors (Lipinski definition) is 2. The Morgan fingerprint density at radius 2 is 1.42 bits per heavy atom. The molecule has 0 saturated carbocycles. The Hall–Kier alpha value is -3.26. The van der Waals surface area contributed by atoms with Crippen LogP contribution in [0.15, 0.2) is 109 Å². The molecule has 0 saturated heterocycles. The van der Waals surface area contributed by atoms with Gasteiger partial charge in [-0.15, -0.1) is 0 Å². The summed E-state index contributed by atoms with van der Waals surface area (Å²) in [6.45, 7) is 0. The highest BCUT2D eigenvalue weighted by atomic mass is 15.2. The van der Waals surface area contributed by atoms with Crippen LogP contribution in [0, 0.1) is 0 Å². The van der Waals surface area contributed by atoms with Crippen molar-refractivity contribution in [2.45, 2.75) is 12.0 Å². The van der Waals surface area contributed by atoms with Crippen molar-refractivity contribution in [2.24, 2.45) is 0 Å². The average molecular weight is 336 g/mol. The zero-order valence-corrected chi connectivity index (χ0v) is 14.4. The average Bonchev–Trinajstić information content (AvgIpc) is 3.03. The van der Waals surface area contributed by atoms with E-state index in [4.69, 9.17) is 0 Å². The van der Waals surface area contributed by atoms with E-state index < -0.39 is 0 Å². The molecule has 126 valence electrons. The normalized spacial score (nSPS) is 20.3. The maximum absolute atomic E-state index is 3.54. The molecule has 0 radical (unpaired) electrons. The van der Waals surface area contributed by atoms with Crippen LogP contribution >= 0.6 is 0 Å². The van der Waals surface area contributed by atoms with Crippen molar-refractivity contribution >= 4 is 17.1 Å². The topological polar surface area (TPSA) is 15.3 Å². The van der Waals surface area contributed by atoms with Crippen molar-refractivity contribution in [3.8, 4) is 0 Å². The van der Waals surface area contributed by atoms with Crippen LogP contribution in [0.5, 0.6) is 0 Å². The summed E-state index contributed by atoms with van der Waals surface area (Å²) in [7, 11) is 0. The predicted octanol–water partition coefficient (Wildman–Crippen LogP) is 5.86. The lowest BCUT2D eigenvalue weighted by molar-refractivity contribution is 0.739. The smallest absolute Gasteiger partial charge is 0.0649 e. The number of para-hydroxylation sites is 3. The molecule has 2 unspecified atom stereocenters. The third kappa shape index (κ3) is 2.51. The van der Waals surface area contributed by atoms with E-state index in [1.807, 2.05) is 6.07 Å². The maximum atomic E-state index is 3.54. The second-order valence-corrected chi connectivity index (χ2v) is 6.75. The molecule has 1 aliphatic heterocycles. The SMILES string of the molecule is C1=CC2c3ccccc3N(c3ccccc3)C2C=C1Nc1ccccc1. The highest BCUT2D eigenvalue weighted by molar-refractivity contribution is 5.75. The molecular weight excluding hydrogens is 316 g/mol. The van der Waals surface area contributed by atoms with Gasteiger partial charge in [-0.1, -0.05) is 60.7 Å². The van der Waals surface area contributed by atoms with Crippen LogP contribution in [0.25, 0.3) is 0 Å². The Balaban J connectivity index is 1.55. The van der Waals surface area contributed by atoms with Gasteiger partial charge < -0.3 is 10.2 Å². The van der Waals surface area contributed by atoms with E-state index >= 15 is 0 Å². The van der Waals surface area contributed by atoms with Gasteiger partial charge in [0.15, 0.2) is 0 Å². The lowest BCUT2D eigenvalue weighted by Crippen LogP contribution is -2.30. The van der Waals surface area contributed by atoms with Crippen LogP contribution in [-0.4, -0.2) is 6.04 Å². The largest absolute Gasteiger partial charge is 0.356 e. The summed E-state index contributed by atoms with van der Waals surface area (Å²) in [5.41, 5.74) is 6.19. The lowest BCUT2D eigenvalue weighted by Gasteiger charge is -2.30. The number of hydrogen-bond donors (Lipinski definition) is 1. The third-order valence-electron chi connectivity index (χ3n) is 5.15. The van der Waals surface area contributed by atoms with Gasteiger partial charge in [0.1, 0.15) is 0 Å². The molecular formula is C24H20N2. The first-order valence-electron chi connectivity index (χ1n) is 9.05. The Morgan fingerprint density at radius 1 is 0.731 bits per heavy atom. The number of nitrogens with zero attached hydrogens (tertiary/aromatic N) is 1. The number of fused-ring (bicyclic) bond motifs is 3. The molecule has 3 aromatic rings. The van der Waals surface area contributed by atoms with Crippen molar-refractivity contribution in [3.63, 3.8) is 0 Å². The number of benzene rings is 3. The summed E-state index contributed by atoms with van der Waals surface area (Å²) in [4.78, 5) is 2.45. The van der Waals surface area contributed by atoms with E-state index in [1.165, 1.54) is 16.9 Å². The van der Waals surface area contributed by atoms with Crippen LogP contribution in [0.1, 0.15) is 11.5 Å². The van der Waals surface area contributed by atoms with Crippen LogP contribution in [0.4, 0.5) is 17.1 Å². The first-order chi connectivity index (χ1) is 12.9. The molecule has 0 bridgehead atoms. The van der Waals surface area contributed by atoms with E-state index in [0.29, 0.717) is 5.92 Å². The maximum Gasteiger partial charge on any atom is 0.0649 e. The first-order valence-corrected chi connectivity index (χ1v) is 9.05. The van der Waals surface area contributed by atoms with Crippen LogP contribution in [-0.2, 0) is 0 Å². The fraction of sp³-hybridized carbons (Fsp3) is 0.0833. The molecule has 0 spiro atoms. The molecule has 1 aliphatic carbocycles. The second-order valence-electron chi connectivity index (χ2n) is 6.75. The zero-order chi connectivity index (χ0) is 17.3. The molecule has 2 aliphatic rings. The van der Waals surface area contributed by atoms with E-state index in [-0.39, 0.29) is 6.04 Å². The summed E-state index contributed by atoms with van der Waals surface area (Å²) in [6.07, 6.45) is 6.89. The minimum atomic E-state index is 0.283. The monoisotopic (exact) mass is 336 g/mol. The standard InChI is InChI=1S/C24H20N2/c1-3-9-18(10-4-1)25-19-15-16-22-21-13-7-8-14-23(21)26(24(22)17-19)20-11-5-2-6-12-20/h1-17,22,24-25H. The highest BCUT2D eigenvalue weighted by Gasteiger charge is 2.37. The van der Waals surface area contributed by atoms with Crippen molar-refractivity contribution in [3.05, 3.63) is 114 Å². The predicted molar refractivity (Wildman–Crippen MR) is 109 cm³/mol. The van der Waals surface area contributed by atoms with E-state index in [9.17, 15) is 0 Å². The number of nitrogens with one attached hydrogen (secondary N) is 1. The molecule has 3 aromatic carbocycles. The molecule has 0 aromatic heterocycles. The van der Waals surface area contributed by atoms with E-state index in [2.05, 4.69) is 107 Å². The molecule has 0 amide bonds. The summed E-state index contributed by atoms with van der Waals surface area (Å²) in [5.74, 6) is 0.382. The van der Waals surface area contributed by atoms with Crippen LogP contribution in [0.2, 0.25) is 0 Å². The highest BCUT2D eigenvalue weighted by Crippen LogP contribution is 2.47. The zero-order valence-electron chi connectivity index (χ0n) is 14.4. The van der Waals surface area contributed by atoms with Crippen LogP contribution < -0.4 is 10.2 Å². The van der Waals surface area contributed by atoms with Crippen molar-refractivity contribution in [1.82, 2.24) is 0 Å². The Kier molecular flexibility index (Phi) is 3.60. The number of rotatable bonds is 3.